The van der Waals surface area contributed by atoms with E-state index < -0.39 is 6.36 Å². The van der Waals surface area contributed by atoms with Gasteiger partial charge in [-0.15, -0.1) is 13.2 Å². The monoisotopic (exact) mass is 355 g/mol. The molecule has 3 rings (SSSR count). The largest absolute Gasteiger partial charge is 0.573 e. The minimum absolute atomic E-state index is 0.0362. The summed E-state index contributed by atoms with van der Waals surface area (Å²) in [5.74, 6) is -0.140. The van der Waals surface area contributed by atoms with Crippen LogP contribution < -0.4 is 4.74 Å². The molecule has 0 bridgehead atoms. The molecule has 3 aromatic rings. The van der Waals surface area contributed by atoms with Gasteiger partial charge in [0.25, 0.3) is 0 Å². The van der Waals surface area contributed by atoms with E-state index >= 15 is 0 Å². The Labute approximate surface area is 139 Å². The lowest BCUT2D eigenvalue weighted by atomic mass is 10.1. The first-order valence-corrected chi connectivity index (χ1v) is 6.99. The number of phenols is 1. The number of oxazole rings is 1. The Morgan fingerprint density at radius 3 is 2.38 bits per heavy atom. The molecular formula is C16H9ClF3NO3. The van der Waals surface area contributed by atoms with Crippen LogP contribution in [0.2, 0.25) is 5.02 Å². The molecule has 0 unspecified atom stereocenters. The maximum absolute atomic E-state index is 12.1. The molecule has 0 saturated carbocycles. The summed E-state index contributed by atoms with van der Waals surface area (Å²) in [6, 6.07) is 9.59. The summed E-state index contributed by atoms with van der Waals surface area (Å²) in [4.78, 5) is 4.24. The number of aromatic nitrogens is 1. The molecule has 0 aliphatic carbocycles. The topological polar surface area (TPSA) is 55.5 Å². The standard InChI is InChI=1S/C16H9ClF3NO3/c17-11-5-10(6-12(22)7-11)15-21-14(8-23-15)9-1-3-13(4-2-9)24-16(18,19)20/h1-8,22H. The normalized spacial score (nSPS) is 11.5. The average Bonchev–Trinajstić information content (AvgIpc) is 2.95. The molecule has 24 heavy (non-hydrogen) atoms. The van der Waals surface area contributed by atoms with Crippen molar-refractivity contribution in [3.05, 3.63) is 53.8 Å². The average molecular weight is 356 g/mol. The summed E-state index contributed by atoms with van der Waals surface area (Å²) >= 11 is 5.86. The van der Waals surface area contributed by atoms with Crippen molar-refractivity contribution in [2.45, 2.75) is 6.36 Å². The number of rotatable bonds is 3. The van der Waals surface area contributed by atoms with Gasteiger partial charge >= 0.3 is 6.36 Å². The van der Waals surface area contributed by atoms with Crippen molar-refractivity contribution in [3.8, 4) is 34.2 Å². The second-order valence-corrected chi connectivity index (χ2v) is 5.24. The van der Waals surface area contributed by atoms with E-state index in [1.807, 2.05) is 0 Å². The van der Waals surface area contributed by atoms with Gasteiger partial charge in [0.2, 0.25) is 5.89 Å². The van der Waals surface area contributed by atoms with Crippen LogP contribution in [0.4, 0.5) is 13.2 Å². The number of hydrogen-bond donors (Lipinski definition) is 1. The summed E-state index contributed by atoms with van der Waals surface area (Å²) in [7, 11) is 0. The van der Waals surface area contributed by atoms with Gasteiger partial charge in [0.05, 0.1) is 0 Å². The molecule has 0 radical (unpaired) electrons. The maximum Gasteiger partial charge on any atom is 0.573 e. The summed E-state index contributed by atoms with van der Waals surface area (Å²) in [6.45, 7) is 0. The first kappa shape index (κ1) is 16.2. The fourth-order valence-corrected chi connectivity index (χ4v) is 2.29. The van der Waals surface area contributed by atoms with Gasteiger partial charge in [-0.3, -0.25) is 0 Å². The van der Waals surface area contributed by atoms with E-state index in [-0.39, 0.29) is 17.4 Å². The van der Waals surface area contributed by atoms with Gasteiger partial charge in [-0.1, -0.05) is 11.6 Å². The summed E-state index contributed by atoms with van der Waals surface area (Å²) in [5, 5.41) is 9.86. The van der Waals surface area contributed by atoms with E-state index in [0.717, 1.165) is 0 Å². The number of halogens is 4. The van der Waals surface area contributed by atoms with Crippen LogP contribution in [0, 0.1) is 0 Å². The molecule has 124 valence electrons. The van der Waals surface area contributed by atoms with E-state index in [2.05, 4.69) is 9.72 Å². The lowest BCUT2D eigenvalue weighted by Gasteiger charge is -2.08. The Morgan fingerprint density at radius 2 is 1.75 bits per heavy atom. The lowest BCUT2D eigenvalue weighted by molar-refractivity contribution is -0.274. The molecule has 0 saturated heterocycles. The minimum Gasteiger partial charge on any atom is -0.508 e. The predicted molar refractivity (Wildman–Crippen MR) is 80.7 cm³/mol. The Bertz CT molecular complexity index is 839. The van der Waals surface area contributed by atoms with E-state index in [1.54, 1.807) is 6.07 Å². The Hall–Kier alpha value is -2.67. The number of alkyl halides is 3. The van der Waals surface area contributed by atoms with Crippen LogP contribution in [-0.4, -0.2) is 16.5 Å². The number of hydrogen-bond acceptors (Lipinski definition) is 4. The van der Waals surface area contributed by atoms with E-state index in [1.165, 1.54) is 42.7 Å². The van der Waals surface area contributed by atoms with Crippen LogP contribution in [0.1, 0.15) is 0 Å². The molecule has 0 amide bonds. The van der Waals surface area contributed by atoms with Crippen LogP contribution in [-0.2, 0) is 0 Å². The fourth-order valence-electron chi connectivity index (χ4n) is 2.06. The van der Waals surface area contributed by atoms with Crippen molar-refractivity contribution in [1.29, 1.82) is 0 Å². The third kappa shape index (κ3) is 3.80. The smallest absolute Gasteiger partial charge is 0.508 e. The number of nitrogens with zero attached hydrogens (tertiary/aromatic N) is 1. The molecule has 4 nitrogen and oxygen atoms in total. The third-order valence-corrected chi connectivity index (χ3v) is 3.24. The van der Waals surface area contributed by atoms with Crippen LogP contribution in [0.25, 0.3) is 22.7 Å². The first-order chi connectivity index (χ1) is 11.3. The Kier molecular flexibility index (Phi) is 4.11. The highest BCUT2D eigenvalue weighted by Gasteiger charge is 2.31. The molecule has 0 aliphatic heterocycles. The number of aromatic hydroxyl groups is 1. The van der Waals surface area contributed by atoms with E-state index in [4.69, 9.17) is 16.0 Å². The fraction of sp³-hybridized carbons (Fsp3) is 0.0625. The highest BCUT2D eigenvalue weighted by molar-refractivity contribution is 6.31. The van der Waals surface area contributed by atoms with Gasteiger partial charge in [0.1, 0.15) is 23.5 Å². The number of phenolic OH excluding ortho intramolecular Hbond substituents is 1. The third-order valence-electron chi connectivity index (χ3n) is 3.02. The molecule has 1 heterocycles. The van der Waals surface area contributed by atoms with Gasteiger partial charge in [-0.2, -0.15) is 0 Å². The molecular weight excluding hydrogens is 347 g/mol. The van der Waals surface area contributed by atoms with Crippen molar-refractivity contribution in [2.24, 2.45) is 0 Å². The quantitative estimate of drug-likeness (QED) is 0.695. The molecule has 1 N–H and O–H groups in total. The van der Waals surface area contributed by atoms with Crippen LogP contribution in [0.3, 0.4) is 0 Å². The molecule has 0 aliphatic rings. The lowest BCUT2D eigenvalue weighted by Crippen LogP contribution is -2.16. The summed E-state index contributed by atoms with van der Waals surface area (Å²) in [6.07, 6.45) is -3.38. The highest BCUT2D eigenvalue weighted by atomic mass is 35.5. The van der Waals surface area contributed by atoms with Crippen molar-refractivity contribution >= 4 is 11.6 Å². The minimum atomic E-state index is -4.74. The summed E-state index contributed by atoms with van der Waals surface area (Å²) < 4.78 is 45.6. The zero-order chi connectivity index (χ0) is 17.3. The van der Waals surface area contributed by atoms with Crippen molar-refractivity contribution in [1.82, 2.24) is 4.98 Å². The van der Waals surface area contributed by atoms with Gasteiger partial charge in [0.15, 0.2) is 0 Å². The van der Waals surface area contributed by atoms with E-state index in [0.29, 0.717) is 21.8 Å². The summed E-state index contributed by atoms with van der Waals surface area (Å²) in [5.41, 5.74) is 1.44. The van der Waals surface area contributed by atoms with Crippen molar-refractivity contribution < 1.29 is 27.4 Å². The molecule has 8 heteroatoms. The molecule has 2 aromatic carbocycles. The van der Waals surface area contributed by atoms with E-state index in [9.17, 15) is 18.3 Å². The van der Waals surface area contributed by atoms with Gasteiger partial charge < -0.3 is 14.3 Å². The SMILES string of the molecule is Oc1cc(Cl)cc(-c2nc(-c3ccc(OC(F)(F)F)cc3)co2)c1. The van der Waals surface area contributed by atoms with Crippen LogP contribution >= 0.6 is 11.6 Å². The van der Waals surface area contributed by atoms with Gasteiger partial charge in [-0.25, -0.2) is 4.98 Å². The van der Waals surface area contributed by atoms with Gasteiger partial charge in [-0.05, 0) is 42.5 Å². The zero-order valence-electron chi connectivity index (χ0n) is 11.8. The number of benzene rings is 2. The number of ether oxygens (including phenoxy) is 1. The second-order valence-electron chi connectivity index (χ2n) is 4.81. The van der Waals surface area contributed by atoms with Crippen molar-refractivity contribution in [2.75, 3.05) is 0 Å². The van der Waals surface area contributed by atoms with Crippen molar-refractivity contribution in [3.63, 3.8) is 0 Å². The van der Waals surface area contributed by atoms with Crippen LogP contribution in [0.15, 0.2) is 53.1 Å². The Balaban J connectivity index is 1.85. The molecule has 0 fully saturated rings. The van der Waals surface area contributed by atoms with Crippen LogP contribution in [0.5, 0.6) is 11.5 Å². The first-order valence-electron chi connectivity index (χ1n) is 6.62. The predicted octanol–water partition coefficient (Wildman–Crippen LogP) is 5.27. The molecule has 1 aromatic heterocycles. The molecule has 0 spiro atoms. The Morgan fingerprint density at radius 1 is 1.04 bits per heavy atom. The molecule has 0 atom stereocenters. The second kappa shape index (κ2) is 6.09. The maximum atomic E-state index is 12.1. The zero-order valence-corrected chi connectivity index (χ0v) is 12.6. The van der Waals surface area contributed by atoms with Gasteiger partial charge in [0, 0.05) is 16.1 Å². The highest BCUT2D eigenvalue weighted by Crippen LogP contribution is 2.30.